The van der Waals surface area contributed by atoms with Crippen LogP contribution in [0.25, 0.3) is 0 Å². The molecule has 0 aromatic heterocycles. The Labute approximate surface area is 194 Å². The van der Waals surface area contributed by atoms with Gasteiger partial charge >= 0.3 is 21.4 Å². The molecule has 6 rings (SSSR count). The third kappa shape index (κ3) is 4.40. The summed E-state index contributed by atoms with van der Waals surface area (Å²) < 4.78 is 37.6. The second kappa shape index (κ2) is 9.47. The maximum atomic E-state index is 6.49. The van der Waals surface area contributed by atoms with Crippen molar-refractivity contribution in [1.29, 1.82) is 0 Å². The summed E-state index contributed by atoms with van der Waals surface area (Å²) in [7, 11) is -1.44. The van der Waals surface area contributed by atoms with Crippen LogP contribution in [0.3, 0.4) is 0 Å². The Balaban J connectivity index is 1.26. The molecule has 0 saturated carbocycles. The van der Waals surface area contributed by atoms with Crippen molar-refractivity contribution in [2.45, 2.75) is 24.4 Å². The fourth-order valence-corrected chi connectivity index (χ4v) is 4.59. The number of benzene rings is 3. The van der Waals surface area contributed by atoms with Gasteiger partial charge in [-0.25, -0.2) is 0 Å². The largest absolute Gasteiger partial charge is 0.494 e. The molecule has 0 spiro atoms. The number of rotatable bonds is 4. The van der Waals surface area contributed by atoms with E-state index in [1.54, 1.807) is 0 Å². The van der Waals surface area contributed by atoms with Gasteiger partial charge in [0.2, 0.25) is 0 Å². The van der Waals surface area contributed by atoms with Crippen LogP contribution in [0.1, 0.15) is 0 Å². The zero-order chi connectivity index (χ0) is 22.0. The molecule has 0 radical (unpaired) electrons. The maximum Gasteiger partial charge on any atom is 0.494 e. The average molecular weight is 440 g/mol. The molecule has 3 aliphatic heterocycles. The molecule has 0 N–H and O–H groups in total. The van der Waals surface area contributed by atoms with Crippen molar-refractivity contribution >= 4 is 37.7 Å². The molecule has 0 aliphatic carbocycles. The Bertz CT molecular complexity index is 1040. The molecule has 9 heteroatoms. The van der Waals surface area contributed by atoms with Gasteiger partial charge in [-0.05, 0) is 16.4 Å². The highest BCUT2D eigenvalue weighted by molar-refractivity contribution is 6.63. The second-order valence-electron chi connectivity index (χ2n) is 8.44. The smallest absolute Gasteiger partial charge is 0.405 e. The lowest BCUT2D eigenvalue weighted by Crippen LogP contribution is -2.66. The second-order valence-corrected chi connectivity index (χ2v) is 8.44. The summed E-state index contributed by atoms with van der Waals surface area (Å²) in [6, 6.07) is 29.8. The summed E-state index contributed by atoms with van der Waals surface area (Å²) in [5.74, 6) is 0. The first-order chi connectivity index (χ1) is 16.3. The van der Waals surface area contributed by atoms with E-state index in [0.717, 1.165) is 16.4 Å². The molecule has 0 bridgehead atoms. The van der Waals surface area contributed by atoms with Crippen LogP contribution >= 0.6 is 0 Å². The lowest BCUT2D eigenvalue weighted by Gasteiger charge is -2.46. The van der Waals surface area contributed by atoms with Crippen LogP contribution in [0.2, 0.25) is 0 Å². The minimum atomic E-state index is -0.530. The van der Waals surface area contributed by atoms with Gasteiger partial charge in [0.1, 0.15) is 0 Å². The number of fused-ring (bicyclic) bond motifs is 1. The van der Waals surface area contributed by atoms with Crippen molar-refractivity contribution in [3.05, 3.63) is 91.0 Å². The minimum absolute atomic E-state index is 0.284. The zero-order valence-electron chi connectivity index (χ0n) is 18.1. The predicted molar refractivity (Wildman–Crippen MR) is 127 cm³/mol. The van der Waals surface area contributed by atoms with Crippen molar-refractivity contribution < 1.29 is 27.9 Å². The summed E-state index contributed by atoms with van der Waals surface area (Å²) in [6.07, 6.45) is -1.31. The van der Waals surface area contributed by atoms with Crippen molar-refractivity contribution in [2.75, 3.05) is 13.2 Å². The fraction of sp³-hybridized carbons (Fsp3) is 0.250. The minimum Gasteiger partial charge on any atom is -0.405 e. The average Bonchev–Trinajstić information content (AvgIpc) is 3.39. The highest BCUT2D eigenvalue weighted by atomic mass is 16.7. The van der Waals surface area contributed by atoms with Gasteiger partial charge in [-0.3, -0.25) is 0 Å². The van der Waals surface area contributed by atoms with E-state index in [9.17, 15) is 0 Å². The summed E-state index contributed by atoms with van der Waals surface area (Å²) in [4.78, 5) is 0. The Hall–Kier alpha value is -2.39. The van der Waals surface area contributed by atoms with Crippen LogP contribution in [-0.4, -0.2) is 59.0 Å². The molecule has 3 saturated heterocycles. The first kappa shape index (κ1) is 21.2. The molecule has 3 heterocycles. The zero-order valence-corrected chi connectivity index (χ0v) is 18.1. The van der Waals surface area contributed by atoms with Crippen LogP contribution in [-0.2, 0) is 27.9 Å². The highest BCUT2D eigenvalue weighted by Crippen LogP contribution is 2.30. The third-order valence-corrected chi connectivity index (χ3v) is 6.25. The molecule has 33 heavy (non-hydrogen) atoms. The van der Waals surface area contributed by atoms with Crippen LogP contribution in [0.5, 0.6) is 0 Å². The van der Waals surface area contributed by atoms with E-state index in [-0.39, 0.29) is 24.4 Å². The van der Waals surface area contributed by atoms with Gasteiger partial charge in [0.05, 0.1) is 37.6 Å². The third-order valence-electron chi connectivity index (χ3n) is 6.25. The monoisotopic (exact) mass is 440 g/mol. The Morgan fingerprint density at radius 1 is 0.455 bits per heavy atom. The van der Waals surface area contributed by atoms with Crippen molar-refractivity contribution in [1.82, 2.24) is 0 Å². The van der Waals surface area contributed by atoms with E-state index in [1.807, 2.05) is 91.0 Å². The van der Waals surface area contributed by atoms with Gasteiger partial charge in [-0.2, -0.15) is 0 Å². The topological polar surface area (TPSA) is 55.4 Å². The van der Waals surface area contributed by atoms with Gasteiger partial charge in [0.25, 0.3) is 0 Å². The molecule has 4 atom stereocenters. The Kier molecular flexibility index (Phi) is 6.07. The molecule has 3 aromatic rings. The molecule has 3 fully saturated rings. The molecule has 164 valence electrons. The molecule has 0 amide bonds. The van der Waals surface area contributed by atoms with E-state index in [2.05, 4.69) is 0 Å². The van der Waals surface area contributed by atoms with E-state index >= 15 is 0 Å². The van der Waals surface area contributed by atoms with Gasteiger partial charge < -0.3 is 27.9 Å². The van der Waals surface area contributed by atoms with Crippen LogP contribution in [0.4, 0.5) is 0 Å². The van der Waals surface area contributed by atoms with E-state index < -0.39 is 21.4 Å². The lowest BCUT2D eigenvalue weighted by atomic mass is 9.73. The fourth-order valence-electron chi connectivity index (χ4n) is 4.59. The summed E-state index contributed by atoms with van der Waals surface area (Å²) >= 11 is 0. The summed E-state index contributed by atoms with van der Waals surface area (Å²) in [5.41, 5.74) is 2.90. The molecule has 0 unspecified atom stereocenters. The SMILES string of the molecule is c1ccc(B2OC[C@@H]3OB(c4ccccc4)O[C@H]([C@@H]4COB(c5ccccc5)O4)[C@H]3O2)cc1. The van der Waals surface area contributed by atoms with E-state index in [0.29, 0.717) is 13.2 Å². The Morgan fingerprint density at radius 3 is 1.30 bits per heavy atom. The molecular weight excluding hydrogens is 417 g/mol. The normalized spacial score (nSPS) is 27.5. The number of hydrogen-bond donors (Lipinski definition) is 0. The van der Waals surface area contributed by atoms with Gasteiger partial charge in [-0.15, -0.1) is 0 Å². The first-order valence-corrected chi connectivity index (χ1v) is 11.3. The van der Waals surface area contributed by atoms with E-state index in [4.69, 9.17) is 27.9 Å². The summed E-state index contributed by atoms with van der Waals surface area (Å²) in [6.45, 7) is 0.818. The quantitative estimate of drug-likeness (QED) is 0.560. The van der Waals surface area contributed by atoms with Gasteiger partial charge in [0, 0.05) is 0 Å². The van der Waals surface area contributed by atoms with Crippen LogP contribution in [0, 0.1) is 0 Å². The maximum absolute atomic E-state index is 6.49. The van der Waals surface area contributed by atoms with Crippen LogP contribution < -0.4 is 16.4 Å². The van der Waals surface area contributed by atoms with Crippen molar-refractivity contribution in [3.63, 3.8) is 0 Å². The van der Waals surface area contributed by atoms with Gasteiger partial charge in [0.15, 0.2) is 0 Å². The molecular formula is C24H23B3O6. The lowest BCUT2D eigenvalue weighted by molar-refractivity contribution is -0.146. The highest BCUT2D eigenvalue weighted by Gasteiger charge is 2.53. The van der Waals surface area contributed by atoms with Crippen molar-refractivity contribution in [2.24, 2.45) is 0 Å². The summed E-state index contributed by atoms with van der Waals surface area (Å²) in [5, 5.41) is 0. The molecule has 3 aliphatic rings. The van der Waals surface area contributed by atoms with Gasteiger partial charge in [-0.1, -0.05) is 91.0 Å². The molecule has 6 nitrogen and oxygen atoms in total. The first-order valence-electron chi connectivity index (χ1n) is 11.3. The molecule has 3 aromatic carbocycles. The Morgan fingerprint density at radius 2 is 0.818 bits per heavy atom. The standard InChI is InChI=1S/C24H23B3O6/c1-4-10-18(11-5-1)25-28-16-21(30-25)24-23-22(31-27(33-24)20-14-8-3-9-15-20)17-29-26(32-23)19-12-6-2-7-13-19/h1-15,21-24H,16-17H2/t21-,22-,23-,24+/m0/s1. The van der Waals surface area contributed by atoms with Crippen LogP contribution in [0.15, 0.2) is 91.0 Å². The predicted octanol–water partition coefficient (Wildman–Crippen LogP) is 0.787. The van der Waals surface area contributed by atoms with E-state index in [1.165, 1.54) is 0 Å². The van der Waals surface area contributed by atoms with Crippen molar-refractivity contribution in [3.8, 4) is 0 Å². The number of hydrogen-bond acceptors (Lipinski definition) is 6.